The van der Waals surface area contributed by atoms with E-state index in [1.807, 2.05) is 72.8 Å². The molecule has 0 N–H and O–H groups in total. The van der Waals surface area contributed by atoms with Crippen LogP contribution in [0.25, 0.3) is 22.3 Å². The van der Waals surface area contributed by atoms with E-state index in [0.717, 1.165) is 43.4 Å². The van der Waals surface area contributed by atoms with E-state index in [9.17, 15) is 0 Å². The highest BCUT2D eigenvalue weighted by Gasteiger charge is 2.07. The highest BCUT2D eigenvalue weighted by Crippen LogP contribution is 2.27. The molecule has 0 fully saturated rings. The van der Waals surface area contributed by atoms with Crippen LogP contribution in [0.15, 0.2) is 97.1 Å². The zero-order chi connectivity index (χ0) is 22.2. The number of hydrogen-bond donors (Lipinski definition) is 0. The normalized spacial score (nSPS) is 10.9. The molecule has 0 heterocycles. The number of rotatable bonds is 9. The molecule has 0 saturated heterocycles. The molecule has 0 unspecified atom stereocenters. The van der Waals surface area contributed by atoms with Crippen molar-refractivity contribution in [2.75, 3.05) is 13.2 Å². The minimum absolute atomic E-state index is 0.526. The Kier molecular flexibility index (Phi) is 7.97. The van der Waals surface area contributed by atoms with Gasteiger partial charge in [0, 0.05) is 10.0 Å². The van der Waals surface area contributed by atoms with Crippen molar-refractivity contribution in [2.24, 2.45) is 0 Å². The molecule has 0 aromatic heterocycles. The molecular weight excluding hydrogens is 439 g/mol. The Morgan fingerprint density at radius 3 is 1.25 bits per heavy atom. The average molecular weight is 463 g/mol. The standard InChI is InChI=1S/C28H24Cl2O2/c29-25-13-9-21(10-14-25)27-7-3-1-5-23(27)19-31-17-18-32-20-24-6-2-4-8-28(24)22-11-15-26(30)16-12-22/h1-16H,17-20H2. The summed E-state index contributed by atoms with van der Waals surface area (Å²) in [6.45, 7) is 2.11. The predicted molar refractivity (Wildman–Crippen MR) is 133 cm³/mol. The van der Waals surface area contributed by atoms with Gasteiger partial charge in [-0.1, -0.05) is 96.0 Å². The average Bonchev–Trinajstić information content (AvgIpc) is 2.83. The fraction of sp³-hybridized carbons (Fsp3) is 0.143. The molecular formula is C28H24Cl2O2. The summed E-state index contributed by atoms with van der Waals surface area (Å²) in [4.78, 5) is 0. The van der Waals surface area contributed by atoms with Gasteiger partial charge in [0.2, 0.25) is 0 Å². The first-order chi connectivity index (χ1) is 15.7. The van der Waals surface area contributed by atoms with Crippen LogP contribution in [0.4, 0.5) is 0 Å². The third-order valence-electron chi connectivity index (χ3n) is 5.23. The van der Waals surface area contributed by atoms with Gasteiger partial charge in [0.1, 0.15) is 0 Å². The Balaban J connectivity index is 1.29. The van der Waals surface area contributed by atoms with E-state index < -0.39 is 0 Å². The second kappa shape index (κ2) is 11.3. The molecule has 4 heteroatoms. The molecule has 4 aromatic rings. The Hall–Kier alpha value is -2.62. The fourth-order valence-electron chi connectivity index (χ4n) is 3.60. The number of benzene rings is 4. The van der Waals surface area contributed by atoms with Crippen molar-refractivity contribution >= 4 is 23.2 Å². The molecule has 162 valence electrons. The second-order valence-corrected chi connectivity index (χ2v) is 8.31. The van der Waals surface area contributed by atoms with E-state index in [0.29, 0.717) is 26.4 Å². The Morgan fingerprint density at radius 2 is 0.844 bits per heavy atom. The van der Waals surface area contributed by atoms with Crippen LogP contribution in [0.5, 0.6) is 0 Å². The van der Waals surface area contributed by atoms with E-state index in [1.165, 1.54) is 0 Å². The van der Waals surface area contributed by atoms with E-state index in [1.54, 1.807) is 0 Å². The predicted octanol–water partition coefficient (Wildman–Crippen LogP) is 8.06. The first kappa shape index (κ1) is 22.6. The van der Waals surface area contributed by atoms with Gasteiger partial charge in [0.05, 0.1) is 26.4 Å². The summed E-state index contributed by atoms with van der Waals surface area (Å²) in [5, 5.41) is 1.47. The molecule has 0 aliphatic rings. The van der Waals surface area contributed by atoms with Crippen molar-refractivity contribution in [3.8, 4) is 22.3 Å². The Bertz CT molecular complexity index is 1050. The largest absolute Gasteiger partial charge is 0.374 e. The highest BCUT2D eigenvalue weighted by molar-refractivity contribution is 6.30. The van der Waals surface area contributed by atoms with Crippen molar-refractivity contribution < 1.29 is 9.47 Å². The molecule has 32 heavy (non-hydrogen) atoms. The summed E-state index contributed by atoms with van der Waals surface area (Å²) in [6, 6.07) is 32.3. The first-order valence-corrected chi connectivity index (χ1v) is 11.3. The van der Waals surface area contributed by atoms with Crippen LogP contribution in [0.3, 0.4) is 0 Å². The lowest BCUT2D eigenvalue weighted by molar-refractivity contribution is 0.0341. The van der Waals surface area contributed by atoms with Gasteiger partial charge >= 0.3 is 0 Å². The minimum Gasteiger partial charge on any atom is -0.374 e. The van der Waals surface area contributed by atoms with Gasteiger partial charge in [0.15, 0.2) is 0 Å². The van der Waals surface area contributed by atoms with Gasteiger partial charge in [-0.2, -0.15) is 0 Å². The van der Waals surface area contributed by atoms with Gasteiger partial charge < -0.3 is 9.47 Å². The Morgan fingerprint density at radius 1 is 0.469 bits per heavy atom. The lowest BCUT2D eigenvalue weighted by Crippen LogP contribution is -2.05. The van der Waals surface area contributed by atoms with Gasteiger partial charge in [0.25, 0.3) is 0 Å². The fourth-order valence-corrected chi connectivity index (χ4v) is 3.85. The molecule has 0 spiro atoms. The smallest absolute Gasteiger partial charge is 0.0724 e. The third-order valence-corrected chi connectivity index (χ3v) is 5.74. The zero-order valence-corrected chi connectivity index (χ0v) is 19.2. The topological polar surface area (TPSA) is 18.5 Å². The maximum atomic E-state index is 6.02. The van der Waals surface area contributed by atoms with Crippen LogP contribution in [-0.4, -0.2) is 13.2 Å². The van der Waals surface area contributed by atoms with Crippen LogP contribution < -0.4 is 0 Å². The summed E-state index contributed by atoms with van der Waals surface area (Å²) < 4.78 is 11.8. The second-order valence-electron chi connectivity index (χ2n) is 7.43. The number of hydrogen-bond acceptors (Lipinski definition) is 2. The van der Waals surface area contributed by atoms with Crippen molar-refractivity contribution in [2.45, 2.75) is 13.2 Å². The van der Waals surface area contributed by atoms with Crippen LogP contribution in [-0.2, 0) is 22.7 Å². The van der Waals surface area contributed by atoms with Crippen molar-refractivity contribution in [3.05, 3.63) is 118 Å². The molecule has 4 aromatic carbocycles. The number of ether oxygens (including phenoxy) is 2. The molecule has 0 aliphatic heterocycles. The summed E-state index contributed by atoms with van der Waals surface area (Å²) in [6.07, 6.45) is 0. The zero-order valence-electron chi connectivity index (χ0n) is 17.6. The Labute approximate surface area is 199 Å². The van der Waals surface area contributed by atoms with Crippen LogP contribution in [0.2, 0.25) is 10.0 Å². The minimum atomic E-state index is 0.526. The van der Waals surface area contributed by atoms with Crippen LogP contribution in [0, 0.1) is 0 Å². The van der Waals surface area contributed by atoms with Crippen molar-refractivity contribution in [3.63, 3.8) is 0 Å². The first-order valence-electron chi connectivity index (χ1n) is 10.5. The molecule has 0 aliphatic carbocycles. The van der Waals surface area contributed by atoms with Gasteiger partial charge in [-0.25, -0.2) is 0 Å². The maximum Gasteiger partial charge on any atom is 0.0724 e. The SMILES string of the molecule is Clc1ccc(-c2ccccc2COCCOCc2ccccc2-c2ccc(Cl)cc2)cc1. The number of halogens is 2. The molecule has 0 saturated carbocycles. The van der Waals surface area contributed by atoms with Crippen molar-refractivity contribution in [1.29, 1.82) is 0 Å². The molecule has 0 atom stereocenters. The third kappa shape index (κ3) is 5.99. The van der Waals surface area contributed by atoms with Crippen LogP contribution >= 0.6 is 23.2 Å². The van der Waals surface area contributed by atoms with E-state index in [4.69, 9.17) is 32.7 Å². The van der Waals surface area contributed by atoms with Gasteiger partial charge in [-0.15, -0.1) is 0 Å². The summed E-state index contributed by atoms with van der Waals surface area (Å²) in [7, 11) is 0. The monoisotopic (exact) mass is 462 g/mol. The molecule has 0 bridgehead atoms. The highest BCUT2D eigenvalue weighted by atomic mass is 35.5. The maximum absolute atomic E-state index is 6.02. The van der Waals surface area contributed by atoms with E-state index in [2.05, 4.69) is 24.3 Å². The van der Waals surface area contributed by atoms with Crippen molar-refractivity contribution in [1.82, 2.24) is 0 Å². The molecule has 0 radical (unpaired) electrons. The summed E-state index contributed by atoms with van der Waals surface area (Å²) >= 11 is 12.0. The van der Waals surface area contributed by atoms with E-state index >= 15 is 0 Å². The summed E-state index contributed by atoms with van der Waals surface area (Å²) in [5.41, 5.74) is 6.85. The quantitative estimate of drug-likeness (QED) is 0.234. The van der Waals surface area contributed by atoms with E-state index in [-0.39, 0.29) is 0 Å². The lowest BCUT2D eigenvalue weighted by atomic mass is 10.0. The van der Waals surface area contributed by atoms with Gasteiger partial charge in [-0.3, -0.25) is 0 Å². The lowest BCUT2D eigenvalue weighted by Gasteiger charge is -2.12. The molecule has 2 nitrogen and oxygen atoms in total. The molecule has 0 amide bonds. The van der Waals surface area contributed by atoms with Crippen LogP contribution in [0.1, 0.15) is 11.1 Å². The molecule has 4 rings (SSSR count). The van der Waals surface area contributed by atoms with Gasteiger partial charge in [-0.05, 0) is 57.6 Å². The summed E-state index contributed by atoms with van der Waals surface area (Å²) in [5.74, 6) is 0.